The van der Waals surface area contributed by atoms with Gasteiger partial charge >= 0.3 is 0 Å². The van der Waals surface area contributed by atoms with E-state index in [1.807, 2.05) is 0 Å². The topological polar surface area (TPSA) is 50.8 Å². The monoisotopic (exact) mass is 149 g/mol. The van der Waals surface area contributed by atoms with Crippen LogP contribution < -0.4 is 4.74 Å². The summed E-state index contributed by atoms with van der Waals surface area (Å²) in [4.78, 5) is 4.08. The fourth-order valence-corrected chi connectivity index (χ4v) is 0.998. The molecule has 11 heavy (non-hydrogen) atoms. The van der Waals surface area contributed by atoms with Crippen LogP contribution in [0.15, 0.2) is 18.5 Å². The molecule has 2 aromatic heterocycles. The Morgan fingerprint density at radius 1 is 1.55 bits per heavy atom. The molecule has 0 saturated carbocycles. The molecule has 1 N–H and O–H groups in total. The number of hydrogen-bond acceptors (Lipinski definition) is 3. The molecule has 56 valence electrons. The van der Waals surface area contributed by atoms with Crippen molar-refractivity contribution in [3.8, 4) is 5.75 Å². The minimum atomic E-state index is 0.771. The van der Waals surface area contributed by atoms with E-state index < -0.39 is 0 Å². The van der Waals surface area contributed by atoms with Gasteiger partial charge in [-0.25, -0.2) is 0 Å². The van der Waals surface area contributed by atoms with E-state index in [9.17, 15) is 0 Å². The summed E-state index contributed by atoms with van der Waals surface area (Å²) in [5, 5.41) is 6.64. The Hall–Kier alpha value is -1.58. The number of methoxy groups -OCH3 is 1. The number of fused-ring (bicyclic) bond motifs is 1. The van der Waals surface area contributed by atoms with Gasteiger partial charge in [0, 0.05) is 12.3 Å². The minimum absolute atomic E-state index is 0.771. The van der Waals surface area contributed by atoms with E-state index in [0.717, 1.165) is 16.8 Å². The standard InChI is InChI=1S/C7H7N3O/c1-11-6-2-3-8-5-4-9-10-7(5)6/h2-4H,1H3,(H,9,10). The van der Waals surface area contributed by atoms with Crippen molar-refractivity contribution in [1.82, 2.24) is 15.2 Å². The number of nitrogens with one attached hydrogen (secondary N) is 1. The summed E-state index contributed by atoms with van der Waals surface area (Å²) in [7, 11) is 1.62. The summed E-state index contributed by atoms with van der Waals surface area (Å²) >= 11 is 0. The third-order valence-corrected chi connectivity index (χ3v) is 1.53. The first-order chi connectivity index (χ1) is 5.42. The molecule has 0 aliphatic rings. The van der Waals surface area contributed by atoms with Crippen LogP contribution in [0, 0.1) is 0 Å². The molecular weight excluding hydrogens is 142 g/mol. The molecule has 2 rings (SSSR count). The first-order valence-corrected chi connectivity index (χ1v) is 3.24. The number of aromatic nitrogens is 3. The van der Waals surface area contributed by atoms with Gasteiger partial charge in [-0.15, -0.1) is 0 Å². The van der Waals surface area contributed by atoms with E-state index in [1.54, 1.807) is 25.6 Å². The molecule has 0 spiro atoms. The van der Waals surface area contributed by atoms with Gasteiger partial charge in [-0.2, -0.15) is 5.10 Å². The number of rotatable bonds is 1. The van der Waals surface area contributed by atoms with Crippen LogP contribution in [0.25, 0.3) is 11.0 Å². The first kappa shape index (κ1) is 6.15. The number of H-pyrrole nitrogens is 1. The smallest absolute Gasteiger partial charge is 0.147 e. The van der Waals surface area contributed by atoms with Crippen LogP contribution in [0.1, 0.15) is 0 Å². The average molecular weight is 149 g/mol. The maximum absolute atomic E-state index is 5.07. The Morgan fingerprint density at radius 3 is 3.27 bits per heavy atom. The highest BCUT2D eigenvalue weighted by Crippen LogP contribution is 2.19. The van der Waals surface area contributed by atoms with Gasteiger partial charge in [0.05, 0.1) is 13.3 Å². The van der Waals surface area contributed by atoms with Gasteiger partial charge in [0.1, 0.15) is 16.8 Å². The summed E-state index contributed by atoms with van der Waals surface area (Å²) < 4.78 is 5.07. The minimum Gasteiger partial charge on any atom is -0.494 e. The average Bonchev–Trinajstić information content (AvgIpc) is 2.50. The number of nitrogens with zero attached hydrogens (tertiary/aromatic N) is 2. The van der Waals surface area contributed by atoms with Crippen LogP contribution in [0.3, 0.4) is 0 Å². The van der Waals surface area contributed by atoms with Crippen LogP contribution in [-0.4, -0.2) is 22.3 Å². The molecule has 0 atom stereocenters. The molecule has 0 fully saturated rings. The lowest BCUT2D eigenvalue weighted by molar-refractivity contribution is 0.418. The normalized spacial score (nSPS) is 10.3. The molecule has 0 bridgehead atoms. The van der Waals surface area contributed by atoms with Crippen molar-refractivity contribution in [3.05, 3.63) is 18.5 Å². The zero-order valence-corrected chi connectivity index (χ0v) is 6.03. The Morgan fingerprint density at radius 2 is 2.45 bits per heavy atom. The number of hydrogen-bond donors (Lipinski definition) is 1. The van der Waals surface area contributed by atoms with Gasteiger partial charge in [-0.3, -0.25) is 10.1 Å². The van der Waals surface area contributed by atoms with Crippen molar-refractivity contribution in [2.75, 3.05) is 7.11 Å². The largest absolute Gasteiger partial charge is 0.494 e. The molecule has 4 nitrogen and oxygen atoms in total. The summed E-state index contributed by atoms with van der Waals surface area (Å²) in [5.41, 5.74) is 1.67. The SMILES string of the molecule is COc1ccnc2cn[nH]c12. The van der Waals surface area contributed by atoms with Crippen LogP contribution >= 0.6 is 0 Å². The number of pyridine rings is 1. The van der Waals surface area contributed by atoms with E-state index in [1.165, 1.54) is 0 Å². The van der Waals surface area contributed by atoms with E-state index in [-0.39, 0.29) is 0 Å². The second-order valence-electron chi connectivity index (χ2n) is 2.14. The Balaban J connectivity index is 2.79. The molecule has 0 aliphatic heterocycles. The van der Waals surface area contributed by atoms with E-state index >= 15 is 0 Å². The fourth-order valence-electron chi connectivity index (χ4n) is 0.998. The Labute approximate surface area is 63.2 Å². The third kappa shape index (κ3) is 0.832. The molecule has 4 heteroatoms. The lowest BCUT2D eigenvalue weighted by Crippen LogP contribution is -1.84. The summed E-state index contributed by atoms with van der Waals surface area (Å²) in [5.74, 6) is 0.771. The third-order valence-electron chi connectivity index (χ3n) is 1.53. The van der Waals surface area contributed by atoms with Gasteiger partial charge in [-0.1, -0.05) is 0 Å². The van der Waals surface area contributed by atoms with Crippen molar-refractivity contribution in [2.45, 2.75) is 0 Å². The predicted octanol–water partition coefficient (Wildman–Crippen LogP) is 0.966. The lowest BCUT2D eigenvalue weighted by Gasteiger charge is -1.97. The van der Waals surface area contributed by atoms with Gasteiger partial charge in [0.25, 0.3) is 0 Å². The molecular formula is C7H7N3O. The van der Waals surface area contributed by atoms with Crippen molar-refractivity contribution in [2.24, 2.45) is 0 Å². The summed E-state index contributed by atoms with van der Waals surface area (Å²) in [6.45, 7) is 0. The van der Waals surface area contributed by atoms with E-state index in [4.69, 9.17) is 4.74 Å². The van der Waals surface area contributed by atoms with E-state index in [2.05, 4.69) is 15.2 Å². The summed E-state index contributed by atoms with van der Waals surface area (Å²) in [6, 6.07) is 1.79. The molecule has 0 amide bonds. The summed E-state index contributed by atoms with van der Waals surface area (Å²) in [6.07, 6.45) is 3.36. The molecule has 0 saturated heterocycles. The Bertz CT molecular complexity index is 368. The molecule has 0 aliphatic carbocycles. The van der Waals surface area contributed by atoms with Crippen molar-refractivity contribution in [1.29, 1.82) is 0 Å². The number of ether oxygens (including phenoxy) is 1. The zero-order valence-electron chi connectivity index (χ0n) is 6.03. The van der Waals surface area contributed by atoms with Crippen LogP contribution in [0.4, 0.5) is 0 Å². The molecule has 2 aromatic rings. The van der Waals surface area contributed by atoms with Gasteiger partial charge in [-0.05, 0) is 0 Å². The fraction of sp³-hybridized carbons (Fsp3) is 0.143. The highest BCUT2D eigenvalue weighted by atomic mass is 16.5. The maximum atomic E-state index is 5.07. The maximum Gasteiger partial charge on any atom is 0.147 e. The molecule has 0 aromatic carbocycles. The number of aromatic amines is 1. The van der Waals surface area contributed by atoms with Crippen LogP contribution in [0.2, 0.25) is 0 Å². The first-order valence-electron chi connectivity index (χ1n) is 3.24. The van der Waals surface area contributed by atoms with E-state index in [0.29, 0.717) is 0 Å². The lowest BCUT2D eigenvalue weighted by atomic mass is 10.4. The van der Waals surface area contributed by atoms with Crippen LogP contribution in [0.5, 0.6) is 5.75 Å². The van der Waals surface area contributed by atoms with Crippen molar-refractivity contribution < 1.29 is 4.74 Å². The molecule has 0 unspecified atom stereocenters. The predicted molar refractivity (Wildman–Crippen MR) is 40.4 cm³/mol. The van der Waals surface area contributed by atoms with Crippen molar-refractivity contribution >= 4 is 11.0 Å². The second kappa shape index (κ2) is 2.23. The second-order valence-corrected chi connectivity index (χ2v) is 2.14. The molecule has 0 radical (unpaired) electrons. The van der Waals surface area contributed by atoms with Gasteiger partial charge < -0.3 is 4.74 Å². The van der Waals surface area contributed by atoms with Crippen molar-refractivity contribution in [3.63, 3.8) is 0 Å². The van der Waals surface area contributed by atoms with Gasteiger partial charge in [0.2, 0.25) is 0 Å². The van der Waals surface area contributed by atoms with Gasteiger partial charge in [0.15, 0.2) is 0 Å². The quantitative estimate of drug-likeness (QED) is 0.657. The highest BCUT2D eigenvalue weighted by molar-refractivity contribution is 5.79. The van der Waals surface area contributed by atoms with Crippen LogP contribution in [-0.2, 0) is 0 Å². The Kier molecular flexibility index (Phi) is 1.25. The molecule has 2 heterocycles. The zero-order chi connectivity index (χ0) is 7.68. The highest BCUT2D eigenvalue weighted by Gasteiger charge is 2.01.